The van der Waals surface area contributed by atoms with Gasteiger partial charge in [-0.2, -0.15) is 0 Å². The van der Waals surface area contributed by atoms with Gasteiger partial charge in [0.05, 0.1) is 4.88 Å². The second-order valence-corrected chi connectivity index (χ2v) is 8.39. The molecule has 0 bridgehead atoms. The van der Waals surface area contributed by atoms with Gasteiger partial charge in [-0.05, 0) is 36.6 Å². The summed E-state index contributed by atoms with van der Waals surface area (Å²) >= 11 is 1.55. The fourth-order valence-corrected chi connectivity index (χ4v) is 4.42. The maximum Gasteiger partial charge on any atom is 0.259 e. The van der Waals surface area contributed by atoms with E-state index in [0.29, 0.717) is 17.8 Å². The van der Waals surface area contributed by atoms with Crippen molar-refractivity contribution in [1.29, 1.82) is 0 Å². The molecule has 0 aliphatic carbocycles. The van der Waals surface area contributed by atoms with Gasteiger partial charge < -0.3 is 15.6 Å². The molecule has 0 aliphatic heterocycles. The van der Waals surface area contributed by atoms with Crippen LogP contribution in [0.3, 0.4) is 0 Å². The Morgan fingerprint density at radius 3 is 2.23 bits per heavy atom. The number of carbonyl (C=O) groups excluding carboxylic acids is 1. The van der Waals surface area contributed by atoms with E-state index < -0.39 is 0 Å². The highest BCUT2D eigenvalue weighted by Gasteiger charge is 2.23. The van der Waals surface area contributed by atoms with Crippen LogP contribution in [-0.2, 0) is 0 Å². The standard InChI is InChI=1S/C24H23N3O2S/c1-16-12-13-20(30-16)22-21(23(25)29-27-22)24(28)26-15-14-19(17-8-4-2-5-9-17)18-10-6-3-7-11-18/h2-13,19H,14-15,25H2,1H3,(H,26,28). The number of hydrogen-bond donors (Lipinski definition) is 2. The molecule has 152 valence electrons. The summed E-state index contributed by atoms with van der Waals surface area (Å²) in [5.74, 6) is -0.0437. The second kappa shape index (κ2) is 8.97. The fourth-order valence-electron chi connectivity index (χ4n) is 3.57. The minimum atomic E-state index is -0.269. The zero-order valence-corrected chi connectivity index (χ0v) is 17.5. The van der Waals surface area contributed by atoms with Crippen LogP contribution in [0.5, 0.6) is 0 Å². The van der Waals surface area contributed by atoms with Gasteiger partial charge in [0.1, 0.15) is 11.3 Å². The number of hydrogen-bond acceptors (Lipinski definition) is 5. The molecular formula is C24H23N3O2S. The third-order valence-corrected chi connectivity index (χ3v) is 6.05. The average molecular weight is 418 g/mol. The fraction of sp³-hybridized carbons (Fsp3) is 0.167. The molecule has 2 aromatic carbocycles. The predicted octanol–water partition coefficient (Wildman–Crippen LogP) is 5.25. The first-order chi connectivity index (χ1) is 14.6. The molecule has 0 unspecified atom stereocenters. The third-order valence-electron chi connectivity index (χ3n) is 5.04. The Kier molecular flexibility index (Phi) is 5.95. The van der Waals surface area contributed by atoms with Crippen molar-refractivity contribution in [3.63, 3.8) is 0 Å². The highest BCUT2D eigenvalue weighted by atomic mass is 32.1. The molecule has 0 saturated heterocycles. The van der Waals surface area contributed by atoms with E-state index in [0.717, 1.165) is 16.2 Å². The summed E-state index contributed by atoms with van der Waals surface area (Å²) in [4.78, 5) is 14.9. The average Bonchev–Trinajstić information content (AvgIpc) is 3.37. The molecule has 6 heteroatoms. The van der Waals surface area contributed by atoms with E-state index in [1.54, 1.807) is 11.3 Å². The molecular weight excluding hydrogens is 394 g/mol. The van der Waals surface area contributed by atoms with Crippen LogP contribution >= 0.6 is 11.3 Å². The zero-order chi connectivity index (χ0) is 20.9. The Labute approximate surface area is 179 Å². The highest BCUT2D eigenvalue weighted by molar-refractivity contribution is 7.15. The molecule has 3 N–H and O–H groups in total. The van der Waals surface area contributed by atoms with Crippen LogP contribution in [0, 0.1) is 6.92 Å². The van der Waals surface area contributed by atoms with E-state index in [1.807, 2.05) is 55.5 Å². The Morgan fingerprint density at radius 2 is 1.67 bits per heavy atom. The lowest BCUT2D eigenvalue weighted by atomic mass is 9.88. The number of aryl methyl sites for hydroxylation is 1. The molecule has 2 heterocycles. The van der Waals surface area contributed by atoms with Crippen LogP contribution in [0.1, 0.15) is 38.7 Å². The van der Waals surface area contributed by atoms with E-state index in [-0.39, 0.29) is 17.7 Å². The van der Waals surface area contributed by atoms with Gasteiger partial charge in [0.15, 0.2) is 0 Å². The van der Waals surface area contributed by atoms with Crippen molar-refractivity contribution in [2.45, 2.75) is 19.3 Å². The van der Waals surface area contributed by atoms with Gasteiger partial charge in [0.25, 0.3) is 5.91 Å². The number of amides is 1. The van der Waals surface area contributed by atoms with Crippen LogP contribution in [-0.4, -0.2) is 17.6 Å². The maximum absolute atomic E-state index is 12.9. The SMILES string of the molecule is Cc1ccc(-c2noc(N)c2C(=O)NCCC(c2ccccc2)c2ccccc2)s1. The van der Waals surface area contributed by atoms with Crippen molar-refractivity contribution in [3.8, 4) is 10.6 Å². The molecule has 2 aromatic heterocycles. The van der Waals surface area contributed by atoms with Crippen molar-refractivity contribution in [3.05, 3.63) is 94.4 Å². The van der Waals surface area contributed by atoms with Crippen molar-refractivity contribution in [1.82, 2.24) is 10.5 Å². The first kappa shape index (κ1) is 19.9. The molecule has 0 aliphatic rings. The number of nitrogens with one attached hydrogen (secondary N) is 1. The molecule has 0 saturated carbocycles. The van der Waals surface area contributed by atoms with Gasteiger partial charge in [0, 0.05) is 17.3 Å². The Balaban J connectivity index is 1.49. The van der Waals surface area contributed by atoms with Crippen LogP contribution in [0.25, 0.3) is 10.6 Å². The Morgan fingerprint density at radius 1 is 1.03 bits per heavy atom. The number of anilines is 1. The van der Waals surface area contributed by atoms with Crippen molar-refractivity contribution < 1.29 is 9.32 Å². The summed E-state index contributed by atoms with van der Waals surface area (Å²) in [6.07, 6.45) is 0.762. The van der Waals surface area contributed by atoms with Crippen LogP contribution < -0.4 is 11.1 Å². The summed E-state index contributed by atoms with van der Waals surface area (Å²) in [5.41, 5.74) is 9.14. The van der Waals surface area contributed by atoms with Gasteiger partial charge in [-0.15, -0.1) is 11.3 Å². The number of aromatic nitrogens is 1. The third kappa shape index (κ3) is 4.28. The molecule has 0 atom stereocenters. The molecule has 0 radical (unpaired) electrons. The van der Waals surface area contributed by atoms with E-state index in [4.69, 9.17) is 10.3 Å². The molecule has 1 amide bonds. The normalized spacial score (nSPS) is 11.0. The molecule has 4 aromatic rings. The van der Waals surface area contributed by atoms with Crippen LogP contribution in [0.2, 0.25) is 0 Å². The van der Waals surface area contributed by atoms with Crippen LogP contribution in [0.4, 0.5) is 5.88 Å². The summed E-state index contributed by atoms with van der Waals surface area (Å²) in [7, 11) is 0. The molecule has 30 heavy (non-hydrogen) atoms. The lowest BCUT2D eigenvalue weighted by Crippen LogP contribution is -2.26. The monoisotopic (exact) mass is 417 g/mol. The smallest absolute Gasteiger partial charge is 0.259 e. The Bertz CT molecular complexity index is 1080. The first-order valence-corrected chi connectivity index (χ1v) is 10.6. The number of thiophene rings is 1. The molecule has 0 spiro atoms. The summed E-state index contributed by atoms with van der Waals surface area (Å²) in [6.45, 7) is 2.51. The predicted molar refractivity (Wildman–Crippen MR) is 121 cm³/mol. The number of nitrogen functional groups attached to an aromatic ring is 1. The summed E-state index contributed by atoms with van der Waals surface area (Å²) < 4.78 is 5.12. The number of nitrogens with zero attached hydrogens (tertiary/aromatic N) is 1. The van der Waals surface area contributed by atoms with E-state index >= 15 is 0 Å². The van der Waals surface area contributed by atoms with Gasteiger partial charge in [0.2, 0.25) is 5.88 Å². The largest absolute Gasteiger partial charge is 0.367 e. The lowest BCUT2D eigenvalue weighted by molar-refractivity contribution is 0.0954. The molecule has 5 nitrogen and oxygen atoms in total. The van der Waals surface area contributed by atoms with Crippen LogP contribution in [0.15, 0.2) is 77.3 Å². The van der Waals surface area contributed by atoms with Crippen molar-refractivity contribution in [2.75, 3.05) is 12.3 Å². The summed E-state index contributed by atoms with van der Waals surface area (Å²) in [6, 6.07) is 24.6. The highest BCUT2D eigenvalue weighted by Crippen LogP contribution is 2.32. The van der Waals surface area contributed by atoms with E-state index in [9.17, 15) is 4.79 Å². The van der Waals surface area contributed by atoms with E-state index in [1.165, 1.54) is 11.1 Å². The summed E-state index contributed by atoms with van der Waals surface area (Å²) in [5, 5.41) is 7.01. The zero-order valence-electron chi connectivity index (χ0n) is 16.7. The first-order valence-electron chi connectivity index (χ1n) is 9.83. The van der Waals surface area contributed by atoms with Gasteiger partial charge in [-0.1, -0.05) is 65.8 Å². The minimum Gasteiger partial charge on any atom is -0.367 e. The second-order valence-electron chi connectivity index (χ2n) is 7.10. The van der Waals surface area contributed by atoms with Crippen molar-refractivity contribution >= 4 is 23.1 Å². The van der Waals surface area contributed by atoms with Gasteiger partial charge in [-0.3, -0.25) is 4.79 Å². The number of nitrogens with two attached hydrogens (primary N) is 1. The Hall–Kier alpha value is -3.38. The van der Waals surface area contributed by atoms with Gasteiger partial charge in [-0.25, -0.2) is 0 Å². The van der Waals surface area contributed by atoms with E-state index in [2.05, 4.69) is 34.7 Å². The quantitative estimate of drug-likeness (QED) is 0.430. The molecule has 0 fully saturated rings. The number of carbonyl (C=O) groups is 1. The molecule has 4 rings (SSSR count). The van der Waals surface area contributed by atoms with Gasteiger partial charge >= 0.3 is 0 Å². The number of benzene rings is 2. The minimum absolute atomic E-state index is 0.0382. The van der Waals surface area contributed by atoms with Crippen molar-refractivity contribution in [2.24, 2.45) is 0 Å². The topological polar surface area (TPSA) is 81.2 Å². The number of rotatable bonds is 7. The maximum atomic E-state index is 12.9. The lowest BCUT2D eigenvalue weighted by Gasteiger charge is -2.18.